The Labute approximate surface area is 171 Å². The molecule has 3 rings (SSSR count). The van der Waals surface area contributed by atoms with Crippen LogP contribution < -0.4 is 16.0 Å². The van der Waals surface area contributed by atoms with Crippen LogP contribution in [0.5, 0.6) is 0 Å². The predicted molar refractivity (Wildman–Crippen MR) is 109 cm³/mol. The fourth-order valence-electron chi connectivity index (χ4n) is 2.71. The van der Waals surface area contributed by atoms with Crippen molar-refractivity contribution in [3.05, 3.63) is 65.5 Å². The lowest BCUT2D eigenvalue weighted by Gasteiger charge is -2.12. The van der Waals surface area contributed by atoms with Crippen molar-refractivity contribution in [1.82, 2.24) is 4.98 Å². The van der Waals surface area contributed by atoms with Crippen LogP contribution in [0.3, 0.4) is 0 Å². The van der Waals surface area contributed by atoms with Crippen molar-refractivity contribution in [1.29, 1.82) is 0 Å². The van der Waals surface area contributed by atoms with E-state index in [0.717, 1.165) is 36.3 Å². The topological polar surface area (TPSA) is 79.2 Å². The average molecular weight is 418 g/mol. The van der Waals surface area contributed by atoms with Crippen molar-refractivity contribution < 1.29 is 22.4 Å². The third-order valence-corrected chi connectivity index (χ3v) is 4.26. The van der Waals surface area contributed by atoms with Crippen molar-refractivity contribution in [3.8, 4) is 0 Å². The molecule has 9 heteroatoms. The predicted octanol–water partition coefficient (Wildman–Crippen LogP) is 6.34. The minimum absolute atomic E-state index is 0.245. The number of nitrogens with one attached hydrogen (secondary N) is 3. The van der Waals surface area contributed by atoms with Crippen molar-refractivity contribution in [2.45, 2.75) is 32.9 Å². The quantitative estimate of drug-likeness (QED) is 0.436. The normalized spacial score (nSPS) is 11.2. The molecule has 0 aliphatic carbocycles. The first-order valence-corrected chi connectivity index (χ1v) is 9.32. The molecule has 0 atom stereocenters. The van der Waals surface area contributed by atoms with Gasteiger partial charge in [-0.3, -0.25) is 0 Å². The number of amides is 2. The highest BCUT2D eigenvalue weighted by molar-refractivity contribution is 6.00. The first-order valence-electron chi connectivity index (χ1n) is 9.32. The smallest absolute Gasteiger partial charge is 0.416 e. The van der Waals surface area contributed by atoms with Crippen molar-refractivity contribution in [3.63, 3.8) is 0 Å². The summed E-state index contributed by atoms with van der Waals surface area (Å²) in [6, 6.07) is 9.22. The SMILES string of the molecule is CCCc1cnc(Nc2cc(NC(=O)Nc3ccc(C(F)(F)F)cc3)ccc2C)o1. The first-order chi connectivity index (χ1) is 14.2. The van der Waals surface area contributed by atoms with Gasteiger partial charge in [0.15, 0.2) is 0 Å². The molecule has 3 aromatic rings. The van der Waals surface area contributed by atoms with E-state index < -0.39 is 17.8 Å². The Morgan fingerprint density at radius 3 is 2.40 bits per heavy atom. The molecule has 0 unspecified atom stereocenters. The maximum Gasteiger partial charge on any atom is 0.416 e. The van der Waals surface area contributed by atoms with E-state index in [1.54, 1.807) is 18.3 Å². The number of urea groups is 1. The van der Waals surface area contributed by atoms with Gasteiger partial charge in [-0.25, -0.2) is 9.78 Å². The number of anilines is 4. The van der Waals surface area contributed by atoms with Crippen molar-refractivity contribution >= 4 is 29.1 Å². The van der Waals surface area contributed by atoms with Gasteiger partial charge < -0.3 is 20.4 Å². The van der Waals surface area contributed by atoms with Gasteiger partial charge in [-0.15, -0.1) is 0 Å². The Morgan fingerprint density at radius 1 is 1.07 bits per heavy atom. The number of carbonyl (C=O) groups excluding carboxylic acids is 1. The van der Waals surface area contributed by atoms with E-state index in [2.05, 4.69) is 20.9 Å². The van der Waals surface area contributed by atoms with Crippen LogP contribution in [-0.2, 0) is 12.6 Å². The second-order valence-corrected chi connectivity index (χ2v) is 6.69. The zero-order valence-corrected chi connectivity index (χ0v) is 16.4. The van der Waals surface area contributed by atoms with Crippen LogP contribution in [-0.4, -0.2) is 11.0 Å². The largest absolute Gasteiger partial charge is 0.429 e. The Bertz CT molecular complexity index is 1010. The molecule has 0 aliphatic rings. The number of benzene rings is 2. The third kappa shape index (κ3) is 5.53. The second kappa shape index (κ2) is 8.89. The molecule has 0 radical (unpaired) electrons. The maximum atomic E-state index is 12.6. The maximum absolute atomic E-state index is 12.6. The van der Waals surface area contributed by atoms with Crippen LogP contribution in [0.4, 0.5) is 41.0 Å². The summed E-state index contributed by atoms with van der Waals surface area (Å²) in [6.45, 7) is 3.94. The molecule has 6 nitrogen and oxygen atoms in total. The summed E-state index contributed by atoms with van der Waals surface area (Å²) in [5, 5.41) is 8.23. The molecular weight excluding hydrogens is 397 g/mol. The van der Waals surface area contributed by atoms with Crippen molar-refractivity contribution in [2.75, 3.05) is 16.0 Å². The average Bonchev–Trinajstić information content (AvgIpc) is 3.11. The molecule has 0 saturated carbocycles. The number of oxazole rings is 1. The molecule has 0 bridgehead atoms. The van der Waals surface area contributed by atoms with Gasteiger partial charge in [-0.2, -0.15) is 13.2 Å². The fourth-order valence-corrected chi connectivity index (χ4v) is 2.71. The number of carbonyl (C=O) groups is 1. The summed E-state index contributed by atoms with van der Waals surface area (Å²) in [4.78, 5) is 16.4. The Kier molecular flexibility index (Phi) is 6.29. The van der Waals surface area contributed by atoms with E-state index in [0.29, 0.717) is 17.4 Å². The van der Waals surface area contributed by atoms with E-state index in [-0.39, 0.29) is 5.69 Å². The van der Waals surface area contributed by atoms with Crippen LogP contribution in [0.1, 0.15) is 30.2 Å². The zero-order valence-electron chi connectivity index (χ0n) is 16.4. The van der Waals surface area contributed by atoms with E-state index in [1.807, 2.05) is 19.9 Å². The van der Waals surface area contributed by atoms with Crippen molar-refractivity contribution in [2.24, 2.45) is 0 Å². The van der Waals surface area contributed by atoms with E-state index in [9.17, 15) is 18.0 Å². The first kappa shape index (κ1) is 21.2. The van der Waals surface area contributed by atoms with Gasteiger partial charge in [0.25, 0.3) is 6.01 Å². The van der Waals surface area contributed by atoms with E-state index >= 15 is 0 Å². The molecule has 3 N–H and O–H groups in total. The summed E-state index contributed by atoms with van der Waals surface area (Å²) in [7, 11) is 0. The highest BCUT2D eigenvalue weighted by Crippen LogP contribution is 2.30. The number of hydrogen-bond donors (Lipinski definition) is 3. The lowest BCUT2D eigenvalue weighted by Crippen LogP contribution is -2.19. The summed E-state index contributed by atoms with van der Waals surface area (Å²) >= 11 is 0. The number of alkyl halides is 3. The van der Waals surface area contributed by atoms with Crippen LogP contribution in [0.15, 0.2) is 53.1 Å². The minimum Gasteiger partial charge on any atom is -0.429 e. The Morgan fingerprint density at radius 2 is 1.73 bits per heavy atom. The van der Waals surface area contributed by atoms with E-state index in [1.165, 1.54) is 12.1 Å². The number of hydrogen-bond acceptors (Lipinski definition) is 4. The number of rotatable bonds is 6. The van der Waals surface area contributed by atoms with Crippen LogP contribution in [0, 0.1) is 6.92 Å². The molecule has 0 spiro atoms. The van der Waals surface area contributed by atoms with E-state index in [4.69, 9.17) is 4.42 Å². The minimum atomic E-state index is -4.42. The molecule has 2 amide bonds. The van der Waals surface area contributed by atoms with Gasteiger partial charge >= 0.3 is 12.2 Å². The third-order valence-electron chi connectivity index (χ3n) is 4.26. The lowest BCUT2D eigenvalue weighted by atomic mass is 10.2. The lowest BCUT2D eigenvalue weighted by molar-refractivity contribution is -0.137. The molecule has 0 aliphatic heterocycles. The van der Waals surface area contributed by atoms with Crippen LogP contribution >= 0.6 is 0 Å². The Hall–Kier alpha value is -3.49. The zero-order chi connectivity index (χ0) is 21.7. The highest BCUT2D eigenvalue weighted by atomic mass is 19.4. The van der Waals surface area contributed by atoms with Crippen LogP contribution in [0.2, 0.25) is 0 Å². The number of nitrogens with zero attached hydrogens (tertiary/aromatic N) is 1. The van der Waals surface area contributed by atoms with Gasteiger partial charge in [-0.1, -0.05) is 13.0 Å². The molecule has 0 fully saturated rings. The number of aryl methyl sites for hydroxylation is 2. The van der Waals surface area contributed by atoms with Gasteiger partial charge in [0.2, 0.25) is 0 Å². The highest BCUT2D eigenvalue weighted by Gasteiger charge is 2.29. The second-order valence-electron chi connectivity index (χ2n) is 6.69. The molecule has 1 heterocycles. The van der Waals surface area contributed by atoms with Crippen LogP contribution in [0.25, 0.3) is 0 Å². The fraction of sp³-hybridized carbons (Fsp3) is 0.238. The van der Waals surface area contributed by atoms with Gasteiger partial charge in [0.05, 0.1) is 11.8 Å². The standard InChI is InChI=1S/C21H21F3N4O2/c1-3-4-17-12-25-20(30-17)28-18-11-16(8-5-13(18)2)27-19(29)26-15-9-6-14(7-10-15)21(22,23)24/h5-12H,3-4H2,1-2H3,(H,25,28)(H2,26,27,29). The summed E-state index contributed by atoms with van der Waals surface area (Å²) in [5.41, 5.74) is 1.57. The van der Waals surface area contributed by atoms with Gasteiger partial charge in [0.1, 0.15) is 5.76 Å². The number of aromatic nitrogens is 1. The molecule has 0 saturated heterocycles. The summed E-state index contributed by atoms with van der Waals surface area (Å²) < 4.78 is 43.5. The number of halogens is 3. The molecule has 2 aromatic carbocycles. The van der Waals surface area contributed by atoms with Gasteiger partial charge in [-0.05, 0) is 55.3 Å². The summed E-state index contributed by atoms with van der Waals surface area (Å²) in [6.07, 6.45) is -1.02. The molecule has 30 heavy (non-hydrogen) atoms. The monoisotopic (exact) mass is 418 g/mol. The molecule has 158 valence electrons. The van der Waals surface area contributed by atoms with Gasteiger partial charge in [0, 0.05) is 23.5 Å². The summed E-state index contributed by atoms with van der Waals surface area (Å²) in [5.74, 6) is 0.780. The Balaban J connectivity index is 1.64. The molecule has 1 aromatic heterocycles. The molecular formula is C21H21F3N4O2.